The third kappa shape index (κ3) is 6.69. The van der Waals surface area contributed by atoms with Gasteiger partial charge in [-0.05, 0) is 43.1 Å². The molecule has 2 aromatic rings. The average molecular weight is 434 g/mol. The van der Waals surface area contributed by atoms with E-state index in [1.165, 1.54) is 0 Å². The molecule has 0 saturated carbocycles. The maximum absolute atomic E-state index is 10.4. The quantitative estimate of drug-likeness (QED) is 0.639. The number of aliphatic hydroxyl groups is 1. The van der Waals surface area contributed by atoms with Crippen molar-refractivity contribution in [3.8, 4) is 0 Å². The topological polar surface area (TPSA) is 36.4 Å². The third-order valence-electron chi connectivity index (χ3n) is 3.74. The minimum Gasteiger partial charge on any atom is -0.387 e. The highest BCUT2D eigenvalue weighted by atomic mass is 79.9. The molecule has 0 bridgehead atoms. The first-order chi connectivity index (χ1) is 11.1. The van der Waals surface area contributed by atoms with Gasteiger partial charge >= 0.3 is 0 Å². The van der Waals surface area contributed by atoms with Gasteiger partial charge in [0.2, 0.25) is 0 Å². The van der Waals surface area contributed by atoms with Crippen LogP contribution in [0.3, 0.4) is 0 Å². The van der Waals surface area contributed by atoms with Gasteiger partial charge in [-0.25, -0.2) is 0 Å². The molecule has 1 N–H and O–H groups in total. The number of hydrogen-bond acceptors (Lipinski definition) is 3. The summed E-state index contributed by atoms with van der Waals surface area (Å²) >= 11 is 12.0. The van der Waals surface area contributed by atoms with Gasteiger partial charge in [0.15, 0.2) is 0 Å². The molecule has 0 spiro atoms. The van der Waals surface area contributed by atoms with Crippen LogP contribution >= 0.6 is 40.2 Å². The highest BCUT2D eigenvalue weighted by Crippen LogP contribution is 2.23. The maximum Gasteiger partial charge on any atom is 0.0931 e. The van der Waals surface area contributed by atoms with E-state index in [1.807, 2.05) is 30.3 Å². The summed E-state index contributed by atoms with van der Waals surface area (Å²) in [6, 6.07) is 9.48. The third-order valence-corrected chi connectivity index (χ3v) is 4.48. The maximum atomic E-state index is 10.4. The molecule has 24 heavy (non-hydrogen) atoms. The number of aromatic nitrogens is 1. The molecule has 1 aromatic carbocycles. The Bertz CT molecular complexity index is 613. The zero-order valence-electron chi connectivity index (χ0n) is 13.7. The SMILES string of the molecule is Br.CCCN(CCc1ccc(Cl)c(Cl)c1)CC(O)c1cccnc1. The highest BCUT2D eigenvalue weighted by molar-refractivity contribution is 8.93. The Kier molecular flexibility index (Phi) is 9.86. The number of halogens is 3. The van der Waals surface area contributed by atoms with E-state index in [1.54, 1.807) is 12.4 Å². The second kappa shape index (κ2) is 11.1. The summed E-state index contributed by atoms with van der Waals surface area (Å²) in [6.07, 6.45) is 4.82. The first-order valence-corrected chi connectivity index (χ1v) is 8.60. The predicted octanol–water partition coefficient (Wildman–Crippen LogP) is 4.95. The van der Waals surface area contributed by atoms with Crippen molar-refractivity contribution in [1.29, 1.82) is 0 Å². The Balaban J connectivity index is 0.00000288. The molecule has 0 aliphatic heterocycles. The number of nitrogens with zero attached hydrogens (tertiary/aromatic N) is 2. The van der Waals surface area contributed by atoms with E-state index in [4.69, 9.17) is 23.2 Å². The molecule has 132 valence electrons. The highest BCUT2D eigenvalue weighted by Gasteiger charge is 2.13. The molecule has 1 aromatic heterocycles. The molecule has 0 radical (unpaired) electrons. The van der Waals surface area contributed by atoms with Crippen LogP contribution in [0.4, 0.5) is 0 Å². The molecule has 0 aliphatic carbocycles. The van der Waals surface area contributed by atoms with Crippen LogP contribution in [0.2, 0.25) is 10.0 Å². The molecule has 1 atom stereocenters. The Morgan fingerprint density at radius 1 is 1.17 bits per heavy atom. The van der Waals surface area contributed by atoms with Crippen molar-refractivity contribution >= 4 is 40.2 Å². The lowest BCUT2D eigenvalue weighted by Crippen LogP contribution is -2.31. The van der Waals surface area contributed by atoms with Crippen LogP contribution in [0, 0.1) is 0 Å². The van der Waals surface area contributed by atoms with E-state index in [-0.39, 0.29) is 17.0 Å². The van der Waals surface area contributed by atoms with Gasteiger partial charge in [0.1, 0.15) is 0 Å². The van der Waals surface area contributed by atoms with E-state index in [2.05, 4.69) is 16.8 Å². The van der Waals surface area contributed by atoms with E-state index in [9.17, 15) is 5.11 Å². The van der Waals surface area contributed by atoms with E-state index in [0.717, 1.165) is 37.1 Å². The van der Waals surface area contributed by atoms with Gasteiger partial charge in [-0.3, -0.25) is 4.98 Å². The summed E-state index contributed by atoms with van der Waals surface area (Å²) in [5, 5.41) is 11.5. The molecule has 0 amide bonds. The van der Waals surface area contributed by atoms with Crippen LogP contribution in [0.1, 0.15) is 30.6 Å². The van der Waals surface area contributed by atoms with Crippen molar-refractivity contribution in [2.45, 2.75) is 25.9 Å². The van der Waals surface area contributed by atoms with Crippen molar-refractivity contribution in [3.63, 3.8) is 0 Å². The first-order valence-electron chi connectivity index (χ1n) is 7.84. The zero-order chi connectivity index (χ0) is 16.7. The normalized spacial score (nSPS) is 12.0. The Morgan fingerprint density at radius 2 is 1.96 bits per heavy atom. The number of hydrogen-bond donors (Lipinski definition) is 1. The van der Waals surface area contributed by atoms with Crippen LogP contribution < -0.4 is 0 Å². The van der Waals surface area contributed by atoms with Crippen molar-refractivity contribution < 1.29 is 5.11 Å². The summed E-state index contributed by atoms with van der Waals surface area (Å²) < 4.78 is 0. The second-order valence-electron chi connectivity index (χ2n) is 5.60. The zero-order valence-corrected chi connectivity index (χ0v) is 16.9. The predicted molar refractivity (Wildman–Crippen MR) is 106 cm³/mol. The van der Waals surface area contributed by atoms with Crippen LogP contribution in [0.15, 0.2) is 42.7 Å². The molecular formula is C18H23BrCl2N2O. The molecule has 0 fully saturated rings. The number of benzene rings is 1. The van der Waals surface area contributed by atoms with Crippen LogP contribution in [0.25, 0.3) is 0 Å². The summed E-state index contributed by atoms with van der Waals surface area (Å²) in [5.41, 5.74) is 2.00. The van der Waals surface area contributed by atoms with Crippen LogP contribution in [-0.4, -0.2) is 34.6 Å². The molecule has 3 nitrogen and oxygen atoms in total. The lowest BCUT2D eigenvalue weighted by Gasteiger charge is -2.24. The lowest BCUT2D eigenvalue weighted by atomic mass is 10.1. The van der Waals surface area contributed by atoms with Crippen molar-refractivity contribution in [1.82, 2.24) is 9.88 Å². The van der Waals surface area contributed by atoms with Gasteiger partial charge < -0.3 is 10.0 Å². The number of aliphatic hydroxyl groups excluding tert-OH is 1. The molecule has 2 rings (SSSR count). The minimum atomic E-state index is -0.524. The number of rotatable bonds is 8. The molecule has 0 saturated heterocycles. The van der Waals surface area contributed by atoms with Crippen molar-refractivity contribution in [3.05, 3.63) is 63.9 Å². The van der Waals surface area contributed by atoms with Crippen LogP contribution in [0.5, 0.6) is 0 Å². The fourth-order valence-electron chi connectivity index (χ4n) is 2.52. The molecular weight excluding hydrogens is 411 g/mol. The Morgan fingerprint density at radius 3 is 2.58 bits per heavy atom. The summed E-state index contributed by atoms with van der Waals surface area (Å²) in [4.78, 5) is 6.33. The summed E-state index contributed by atoms with van der Waals surface area (Å²) in [5.74, 6) is 0. The lowest BCUT2D eigenvalue weighted by molar-refractivity contribution is 0.113. The smallest absolute Gasteiger partial charge is 0.0931 e. The first kappa shape index (κ1) is 21.4. The minimum absolute atomic E-state index is 0. The molecule has 1 unspecified atom stereocenters. The largest absolute Gasteiger partial charge is 0.387 e. The average Bonchev–Trinajstić information content (AvgIpc) is 2.56. The van der Waals surface area contributed by atoms with Gasteiger partial charge in [-0.1, -0.05) is 42.3 Å². The Hall–Kier alpha value is -0.650. The van der Waals surface area contributed by atoms with Crippen LogP contribution in [-0.2, 0) is 6.42 Å². The monoisotopic (exact) mass is 432 g/mol. The van der Waals surface area contributed by atoms with E-state index < -0.39 is 6.10 Å². The molecule has 0 aliphatic rings. The number of pyridine rings is 1. The summed E-state index contributed by atoms with van der Waals surface area (Å²) in [6.45, 7) is 4.55. The Labute approximate surface area is 164 Å². The molecule has 6 heteroatoms. The van der Waals surface area contributed by atoms with Gasteiger partial charge in [0, 0.05) is 31.0 Å². The standard InChI is InChI=1S/C18H22Cl2N2O.BrH/c1-2-9-22(13-18(23)15-4-3-8-21-12-15)10-7-14-5-6-16(19)17(20)11-14;/h3-6,8,11-12,18,23H,2,7,9-10,13H2,1H3;1H. The molecule has 1 heterocycles. The fraction of sp³-hybridized carbons (Fsp3) is 0.389. The van der Waals surface area contributed by atoms with Crippen molar-refractivity contribution in [2.24, 2.45) is 0 Å². The van der Waals surface area contributed by atoms with Gasteiger partial charge in [-0.2, -0.15) is 0 Å². The van der Waals surface area contributed by atoms with Gasteiger partial charge in [-0.15, -0.1) is 17.0 Å². The summed E-state index contributed by atoms with van der Waals surface area (Å²) in [7, 11) is 0. The van der Waals surface area contributed by atoms with E-state index >= 15 is 0 Å². The van der Waals surface area contributed by atoms with E-state index in [0.29, 0.717) is 16.6 Å². The van der Waals surface area contributed by atoms with Gasteiger partial charge in [0.05, 0.1) is 16.1 Å². The second-order valence-corrected chi connectivity index (χ2v) is 6.42. The van der Waals surface area contributed by atoms with Crippen molar-refractivity contribution in [2.75, 3.05) is 19.6 Å². The fourth-order valence-corrected chi connectivity index (χ4v) is 2.84. The van der Waals surface area contributed by atoms with Gasteiger partial charge in [0.25, 0.3) is 0 Å².